The van der Waals surface area contributed by atoms with Gasteiger partial charge in [0.2, 0.25) is 0 Å². The fraction of sp³-hybridized carbons (Fsp3) is 0.360. The molecule has 1 amide bonds. The number of hydrogen-bond acceptors (Lipinski definition) is 7. The van der Waals surface area contributed by atoms with Gasteiger partial charge in [-0.05, 0) is 43.2 Å². The van der Waals surface area contributed by atoms with Crippen molar-refractivity contribution >= 4 is 17.4 Å². The van der Waals surface area contributed by atoms with Gasteiger partial charge in [0, 0.05) is 6.54 Å². The Hall–Kier alpha value is -3.68. The van der Waals surface area contributed by atoms with E-state index in [2.05, 4.69) is 0 Å². The van der Waals surface area contributed by atoms with Gasteiger partial charge in [-0.15, -0.1) is 0 Å². The predicted octanol–water partition coefficient (Wildman–Crippen LogP) is 3.94. The van der Waals surface area contributed by atoms with E-state index in [1.165, 1.54) is 26.2 Å². The van der Waals surface area contributed by atoms with Crippen LogP contribution in [0.4, 0.5) is 0 Å². The van der Waals surface area contributed by atoms with Crippen molar-refractivity contribution in [2.75, 3.05) is 34.5 Å². The number of hydrogen-bond donors (Lipinski definition) is 1. The third-order valence-corrected chi connectivity index (χ3v) is 5.47. The van der Waals surface area contributed by atoms with Crippen LogP contribution in [0.2, 0.25) is 0 Å². The number of carbonyl (C=O) groups excluding carboxylic acids is 2. The van der Waals surface area contributed by atoms with Gasteiger partial charge in [-0.1, -0.05) is 19.1 Å². The summed E-state index contributed by atoms with van der Waals surface area (Å²) in [6.07, 6.45) is 0.635. The van der Waals surface area contributed by atoms with Crippen molar-refractivity contribution in [3.63, 3.8) is 0 Å². The molecule has 1 aliphatic rings. The van der Waals surface area contributed by atoms with Gasteiger partial charge in [-0.3, -0.25) is 9.59 Å². The smallest absolute Gasteiger partial charge is 0.295 e. The zero-order chi connectivity index (χ0) is 24.1. The lowest BCUT2D eigenvalue weighted by Crippen LogP contribution is -2.30. The van der Waals surface area contributed by atoms with E-state index in [0.29, 0.717) is 48.1 Å². The van der Waals surface area contributed by atoms with Crippen molar-refractivity contribution in [2.24, 2.45) is 0 Å². The van der Waals surface area contributed by atoms with Crippen LogP contribution in [0.1, 0.15) is 37.4 Å². The number of benzene rings is 2. The largest absolute Gasteiger partial charge is 0.506 e. The number of Topliss-reactive ketones (excluding diaryl/α,β-unsaturated/α-hetero) is 1. The number of carbonyl (C=O) groups is 2. The summed E-state index contributed by atoms with van der Waals surface area (Å²) in [6.45, 7) is 4.57. The van der Waals surface area contributed by atoms with Gasteiger partial charge in [-0.2, -0.15) is 0 Å². The molecule has 0 spiro atoms. The molecule has 2 aromatic rings. The summed E-state index contributed by atoms with van der Waals surface area (Å²) in [6, 6.07) is 9.40. The molecule has 8 heteroatoms. The molecule has 2 aromatic carbocycles. The second-order valence-corrected chi connectivity index (χ2v) is 7.37. The Bertz CT molecular complexity index is 1050. The van der Waals surface area contributed by atoms with E-state index in [0.717, 1.165) is 0 Å². The standard InChI is InChI=1S/C25H29NO7/c1-6-13-26-22(15-11-12-16(33-7-2)19(14-15)32-5)21(24(28)25(26)29)23(27)20-17(30-3)9-8-10-18(20)31-4/h8-12,14,22,27H,6-7,13H2,1-5H3/b23-21+. The molecule has 8 nitrogen and oxygen atoms in total. The summed E-state index contributed by atoms with van der Waals surface area (Å²) in [7, 11) is 4.43. The molecule has 0 aliphatic carbocycles. The Morgan fingerprint density at radius 2 is 1.58 bits per heavy atom. The molecular weight excluding hydrogens is 426 g/mol. The normalized spacial score (nSPS) is 17.2. The van der Waals surface area contributed by atoms with E-state index in [-0.39, 0.29) is 16.9 Å². The predicted molar refractivity (Wildman–Crippen MR) is 123 cm³/mol. The number of aliphatic hydroxyl groups is 1. The average Bonchev–Trinajstić information content (AvgIpc) is 3.08. The molecule has 1 N–H and O–H groups in total. The minimum absolute atomic E-state index is 0.0394. The highest BCUT2D eigenvalue weighted by Gasteiger charge is 2.46. The van der Waals surface area contributed by atoms with Gasteiger partial charge >= 0.3 is 0 Å². The SMILES string of the molecule is CCCN1C(=O)C(=O)/C(=C(/O)c2c(OC)cccc2OC)C1c1ccc(OCC)c(OC)c1. The molecule has 33 heavy (non-hydrogen) atoms. The maximum atomic E-state index is 13.2. The Labute approximate surface area is 193 Å². The van der Waals surface area contributed by atoms with Crippen LogP contribution in [0.25, 0.3) is 5.76 Å². The zero-order valence-electron chi connectivity index (χ0n) is 19.5. The highest BCUT2D eigenvalue weighted by Crippen LogP contribution is 2.44. The maximum absolute atomic E-state index is 13.2. The Morgan fingerprint density at radius 3 is 2.12 bits per heavy atom. The van der Waals surface area contributed by atoms with Gasteiger partial charge in [-0.25, -0.2) is 0 Å². The van der Waals surface area contributed by atoms with Crippen LogP contribution in [0.5, 0.6) is 23.0 Å². The molecular formula is C25H29NO7. The number of aliphatic hydroxyl groups excluding tert-OH is 1. The minimum Gasteiger partial charge on any atom is -0.506 e. The third kappa shape index (κ3) is 4.33. The Morgan fingerprint density at radius 1 is 0.939 bits per heavy atom. The average molecular weight is 456 g/mol. The fourth-order valence-corrected chi connectivity index (χ4v) is 4.05. The van der Waals surface area contributed by atoms with E-state index < -0.39 is 17.7 Å². The number of ether oxygens (including phenoxy) is 4. The van der Waals surface area contributed by atoms with Crippen LogP contribution >= 0.6 is 0 Å². The summed E-state index contributed by atoms with van der Waals surface area (Å²) in [5.41, 5.74) is 0.778. The van der Waals surface area contributed by atoms with E-state index in [1.807, 2.05) is 13.8 Å². The first-order valence-electron chi connectivity index (χ1n) is 10.7. The highest BCUT2D eigenvalue weighted by atomic mass is 16.5. The van der Waals surface area contributed by atoms with E-state index >= 15 is 0 Å². The van der Waals surface area contributed by atoms with E-state index in [4.69, 9.17) is 18.9 Å². The number of ketones is 1. The molecule has 0 bridgehead atoms. The molecule has 1 atom stereocenters. The van der Waals surface area contributed by atoms with Crippen molar-refractivity contribution in [3.8, 4) is 23.0 Å². The summed E-state index contributed by atoms with van der Waals surface area (Å²) < 4.78 is 21.9. The first kappa shape index (κ1) is 24.0. The third-order valence-electron chi connectivity index (χ3n) is 5.47. The molecule has 1 heterocycles. The number of rotatable bonds is 9. The highest BCUT2D eigenvalue weighted by molar-refractivity contribution is 6.46. The van der Waals surface area contributed by atoms with Crippen LogP contribution in [0.15, 0.2) is 42.0 Å². The summed E-state index contributed by atoms with van der Waals surface area (Å²) >= 11 is 0. The molecule has 1 fully saturated rings. The molecule has 0 radical (unpaired) electrons. The first-order chi connectivity index (χ1) is 15.9. The quantitative estimate of drug-likeness (QED) is 0.348. The maximum Gasteiger partial charge on any atom is 0.295 e. The van der Waals surface area contributed by atoms with Crippen molar-refractivity contribution in [3.05, 3.63) is 53.1 Å². The van der Waals surface area contributed by atoms with Crippen molar-refractivity contribution in [2.45, 2.75) is 26.3 Å². The number of likely N-dealkylation sites (tertiary alicyclic amines) is 1. The minimum atomic E-state index is -0.816. The summed E-state index contributed by atoms with van der Waals surface area (Å²) in [5.74, 6) is -0.169. The van der Waals surface area contributed by atoms with Crippen LogP contribution in [0, 0.1) is 0 Å². The van der Waals surface area contributed by atoms with Gasteiger partial charge in [0.15, 0.2) is 11.5 Å². The lowest BCUT2D eigenvalue weighted by molar-refractivity contribution is -0.139. The monoisotopic (exact) mass is 455 g/mol. The van der Waals surface area contributed by atoms with E-state index in [9.17, 15) is 14.7 Å². The molecule has 1 saturated heterocycles. The second kappa shape index (κ2) is 10.3. The van der Waals surface area contributed by atoms with Crippen LogP contribution in [-0.2, 0) is 9.59 Å². The Balaban J connectivity index is 2.28. The number of nitrogens with zero attached hydrogens (tertiary/aromatic N) is 1. The van der Waals surface area contributed by atoms with Crippen molar-refractivity contribution in [1.82, 2.24) is 4.90 Å². The molecule has 1 unspecified atom stereocenters. The molecule has 176 valence electrons. The van der Waals surface area contributed by atoms with Crippen LogP contribution < -0.4 is 18.9 Å². The fourth-order valence-electron chi connectivity index (χ4n) is 4.05. The molecule has 0 saturated carbocycles. The van der Waals surface area contributed by atoms with Gasteiger partial charge < -0.3 is 29.0 Å². The summed E-state index contributed by atoms with van der Waals surface area (Å²) in [5, 5.41) is 11.4. The molecule has 3 rings (SSSR count). The lowest BCUT2D eigenvalue weighted by atomic mass is 9.94. The van der Waals surface area contributed by atoms with E-state index in [1.54, 1.807) is 36.4 Å². The van der Waals surface area contributed by atoms with Gasteiger partial charge in [0.05, 0.1) is 39.6 Å². The van der Waals surface area contributed by atoms with Gasteiger partial charge in [0.1, 0.15) is 22.8 Å². The van der Waals surface area contributed by atoms with Crippen molar-refractivity contribution < 1.29 is 33.6 Å². The topological polar surface area (TPSA) is 94.5 Å². The first-order valence-corrected chi connectivity index (χ1v) is 10.7. The second-order valence-electron chi connectivity index (χ2n) is 7.37. The van der Waals surface area contributed by atoms with Crippen LogP contribution in [-0.4, -0.2) is 56.2 Å². The number of methoxy groups -OCH3 is 3. The van der Waals surface area contributed by atoms with Crippen LogP contribution in [0.3, 0.4) is 0 Å². The zero-order valence-corrected chi connectivity index (χ0v) is 19.5. The summed E-state index contributed by atoms with van der Waals surface area (Å²) in [4.78, 5) is 27.6. The molecule has 0 aromatic heterocycles. The molecule has 1 aliphatic heterocycles. The number of amides is 1. The van der Waals surface area contributed by atoms with Gasteiger partial charge in [0.25, 0.3) is 11.7 Å². The van der Waals surface area contributed by atoms with Crippen molar-refractivity contribution in [1.29, 1.82) is 0 Å². The Kier molecular flexibility index (Phi) is 7.48. The lowest BCUT2D eigenvalue weighted by Gasteiger charge is -2.26.